The Kier molecular flexibility index (Phi) is 8.22. The van der Waals surface area contributed by atoms with Crippen molar-refractivity contribution in [3.05, 3.63) is 82.2 Å². The Hall–Kier alpha value is -3.53. The van der Waals surface area contributed by atoms with Gasteiger partial charge in [-0.15, -0.1) is 11.3 Å². The predicted molar refractivity (Wildman–Crippen MR) is 159 cm³/mol. The van der Waals surface area contributed by atoms with Crippen LogP contribution in [0.4, 0.5) is 11.5 Å². The van der Waals surface area contributed by atoms with Crippen molar-refractivity contribution in [1.82, 2.24) is 24.8 Å². The number of piperidine rings is 1. The summed E-state index contributed by atoms with van der Waals surface area (Å²) in [6.45, 7) is 4.71. The lowest BCUT2D eigenvalue weighted by Gasteiger charge is -2.27. The van der Waals surface area contributed by atoms with E-state index in [0.717, 1.165) is 53.5 Å². The molecule has 1 N–H and O–H groups in total. The zero-order valence-electron chi connectivity index (χ0n) is 22.2. The van der Waals surface area contributed by atoms with E-state index in [0.29, 0.717) is 30.5 Å². The van der Waals surface area contributed by atoms with Crippen molar-refractivity contribution in [3.8, 4) is 5.75 Å². The molecule has 0 aliphatic carbocycles. The molecule has 0 unspecified atom stereocenters. The van der Waals surface area contributed by atoms with Crippen molar-refractivity contribution < 1.29 is 9.53 Å². The maximum Gasteiger partial charge on any atom is 0.246 e. The SMILES string of the molecule is O=C(C=CCN1CCCCC1)N1CCc2c(sc3ncnc(Nc4ccc(OCc5ccccn5)c(Cl)c4)c23)C1. The van der Waals surface area contributed by atoms with E-state index in [-0.39, 0.29) is 5.91 Å². The number of hydrogen-bond donors (Lipinski definition) is 1. The molecule has 0 bridgehead atoms. The number of anilines is 2. The maximum absolute atomic E-state index is 12.9. The molecule has 3 aromatic heterocycles. The summed E-state index contributed by atoms with van der Waals surface area (Å²) >= 11 is 8.17. The summed E-state index contributed by atoms with van der Waals surface area (Å²) in [6.07, 6.45) is 11.7. The van der Waals surface area contributed by atoms with Crippen molar-refractivity contribution in [2.75, 3.05) is 31.5 Å². The summed E-state index contributed by atoms with van der Waals surface area (Å²) < 4.78 is 5.86. The molecule has 4 aromatic rings. The van der Waals surface area contributed by atoms with E-state index in [9.17, 15) is 4.79 Å². The highest BCUT2D eigenvalue weighted by Gasteiger charge is 2.25. The number of thiophene rings is 1. The zero-order chi connectivity index (χ0) is 27.3. The van der Waals surface area contributed by atoms with Gasteiger partial charge in [-0.25, -0.2) is 9.97 Å². The van der Waals surface area contributed by atoms with Gasteiger partial charge in [0.15, 0.2) is 0 Å². The molecule has 10 heteroatoms. The number of nitrogens with zero attached hydrogens (tertiary/aromatic N) is 5. The highest BCUT2D eigenvalue weighted by Crippen LogP contribution is 2.39. The van der Waals surface area contributed by atoms with Crippen molar-refractivity contribution in [3.63, 3.8) is 0 Å². The smallest absolute Gasteiger partial charge is 0.246 e. The van der Waals surface area contributed by atoms with Crippen LogP contribution in [0.3, 0.4) is 0 Å². The van der Waals surface area contributed by atoms with Gasteiger partial charge < -0.3 is 15.0 Å². The highest BCUT2D eigenvalue weighted by molar-refractivity contribution is 7.19. The Morgan fingerprint density at radius 2 is 2.00 bits per heavy atom. The number of pyridine rings is 1. The number of likely N-dealkylation sites (tertiary alicyclic amines) is 1. The van der Waals surface area contributed by atoms with E-state index in [2.05, 4.69) is 25.2 Å². The Morgan fingerprint density at radius 3 is 2.83 bits per heavy atom. The molecule has 1 fully saturated rings. The van der Waals surface area contributed by atoms with Crippen LogP contribution in [0.1, 0.15) is 35.4 Å². The summed E-state index contributed by atoms with van der Waals surface area (Å²) in [6, 6.07) is 11.3. The third-order valence-corrected chi connectivity index (χ3v) is 8.74. The van der Waals surface area contributed by atoms with Gasteiger partial charge >= 0.3 is 0 Å². The molecule has 206 valence electrons. The molecule has 6 rings (SSSR count). The molecule has 2 aliphatic rings. The second-order valence-electron chi connectivity index (χ2n) is 10.1. The van der Waals surface area contributed by atoms with Crippen LogP contribution in [0.15, 0.2) is 61.1 Å². The number of carbonyl (C=O) groups is 1. The second kappa shape index (κ2) is 12.3. The third kappa shape index (κ3) is 6.11. The van der Waals surface area contributed by atoms with Crippen LogP contribution >= 0.6 is 22.9 Å². The first-order valence-corrected chi connectivity index (χ1v) is 14.9. The van der Waals surface area contributed by atoms with E-state index in [1.54, 1.807) is 29.9 Å². The molecule has 1 aromatic carbocycles. The van der Waals surface area contributed by atoms with Crippen LogP contribution in [0.2, 0.25) is 5.02 Å². The first kappa shape index (κ1) is 26.7. The quantitative estimate of drug-likeness (QED) is 0.259. The second-order valence-corrected chi connectivity index (χ2v) is 11.6. The van der Waals surface area contributed by atoms with Gasteiger partial charge in [-0.2, -0.15) is 0 Å². The molecular weight excluding hydrogens is 544 g/mol. The van der Waals surface area contributed by atoms with Gasteiger partial charge in [0.2, 0.25) is 5.91 Å². The molecule has 8 nitrogen and oxygen atoms in total. The number of fused-ring (bicyclic) bond motifs is 3. The number of amides is 1. The number of aromatic nitrogens is 3. The molecule has 0 spiro atoms. The molecule has 1 amide bonds. The van der Waals surface area contributed by atoms with Crippen LogP contribution in [-0.4, -0.2) is 56.8 Å². The largest absolute Gasteiger partial charge is 0.486 e. The lowest BCUT2D eigenvalue weighted by Crippen LogP contribution is -2.34. The van der Waals surface area contributed by atoms with Crippen LogP contribution in [0.5, 0.6) is 5.75 Å². The van der Waals surface area contributed by atoms with E-state index in [4.69, 9.17) is 16.3 Å². The summed E-state index contributed by atoms with van der Waals surface area (Å²) in [7, 11) is 0. The fourth-order valence-corrected chi connectivity index (χ4v) is 6.67. The summed E-state index contributed by atoms with van der Waals surface area (Å²) in [5.41, 5.74) is 2.85. The van der Waals surface area contributed by atoms with E-state index < -0.39 is 0 Å². The average molecular weight is 575 g/mol. The van der Waals surface area contributed by atoms with Gasteiger partial charge in [0, 0.05) is 35.9 Å². The van der Waals surface area contributed by atoms with Crippen LogP contribution in [0, 0.1) is 0 Å². The Labute approximate surface area is 242 Å². The number of halogens is 1. The average Bonchev–Trinajstić information content (AvgIpc) is 3.37. The Morgan fingerprint density at radius 1 is 1.10 bits per heavy atom. The molecule has 1 saturated heterocycles. The Bertz CT molecular complexity index is 1520. The lowest BCUT2D eigenvalue weighted by molar-refractivity contribution is -0.126. The number of hydrogen-bond acceptors (Lipinski definition) is 8. The van der Waals surface area contributed by atoms with Gasteiger partial charge in [-0.1, -0.05) is 30.2 Å². The topological polar surface area (TPSA) is 83.5 Å². The standard InChI is InChI=1S/C30H31ClN6O2S/c31-24-17-21(9-10-25(24)39-19-22-7-2-3-12-32-22)35-29-28-23-11-16-37(18-26(23)40-30(28)34-20-33-29)27(38)8-6-15-36-13-4-1-5-14-36/h2-3,6-10,12,17,20H,1,4-5,11,13-16,18-19H2,(H,33,34,35). The summed E-state index contributed by atoms with van der Waals surface area (Å²) in [4.78, 5) is 32.7. The fourth-order valence-electron chi connectivity index (χ4n) is 5.23. The minimum atomic E-state index is 0.0737. The molecule has 0 atom stereocenters. The van der Waals surface area contributed by atoms with Crippen molar-refractivity contribution >= 4 is 50.6 Å². The number of carbonyl (C=O) groups excluding carboxylic acids is 1. The molecule has 0 saturated carbocycles. The van der Waals surface area contributed by atoms with Gasteiger partial charge in [-0.3, -0.25) is 14.7 Å². The lowest BCUT2D eigenvalue weighted by atomic mass is 10.0. The third-order valence-electron chi connectivity index (χ3n) is 7.32. The van der Waals surface area contributed by atoms with Gasteiger partial charge in [0.1, 0.15) is 29.3 Å². The van der Waals surface area contributed by atoms with Crippen LogP contribution in [-0.2, 0) is 24.4 Å². The molecular formula is C30H31ClN6O2S. The van der Waals surface area contributed by atoms with Gasteiger partial charge in [0.05, 0.1) is 22.6 Å². The Balaban J connectivity index is 1.13. The van der Waals surface area contributed by atoms with Crippen molar-refractivity contribution in [2.45, 2.75) is 38.8 Å². The molecule has 2 aliphatic heterocycles. The van der Waals surface area contributed by atoms with Crippen molar-refractivity contribution in [1.29, 1.82) is 0 Å². The number of nitrogens with one attached hydrogen (secondary N) is 1. The monoisotopic (exact) mass is 574 g/mol. The first-order chi connectivity index (χ1) is 19.6. The normalized spacial score (nSPS) is 15.9. The van der Waals surface area contributed by atoms with E-state index >= 15 is 0 Å². The van der Waals surface area contributed by atoms with Gasteiger partial charge in [-0.05, 0) is 68.2 Å². The van der Waals surface area contributed by atoms with E-state index in [1.807, 2.05) is 47.4 Å². The minimum absolute atomic E-state index is 0.0737. The van der Waals surface area contributed by atoms with Crippen LogP contribution < -0.4 is 10.1 Å². The summed E-state index contributed by atoms with van der Waals surface area (Å²) in [5.74, 6) is 1.40. The predicted octanol–water partition coefficient (Wildman–Crippen LogP) is 5.99. The van der Waals surface area contributed by atoms with Gasteiger partial charge in [0.25, 0.3) is 0 Å². The number of benzene rings is 1. The number of ether oxygens (including phenoxy) is 1. The first-order valence-electron chi connectivity index (χ1n) is 13.7. The fraction of sp³-hybridized carbons (Fsp3) is 0.333. The van der Waals surface area contributed by atoms with E-state index in [1.165, 1.54) is 29.7 Å². The van der Waals surface area contributed by atoms with Crippen LogP contribution in [0.25, 0.3) is 10.2 Å². The van der Waals surface area contributed by atoms with Crippen molar-refractivity contribution in [2.24, 2.45) is 0 Å². The zero-order valence-corrected chi connectivity index (χ0v) is 23.8. The maximum atomic E-state index is 12.9. The molecule has 40 heavy (non-hydrogen) atoms. The number of rotatable bonds is 8. The minimum Gasteiger partial charge on any atom is -0.486 e. The summed E-state index contributed by atoms with van der Waals surface area (Å²) in [5, 5.41) is 4.94. The highest BCUT2D eigenvalue weighted by atomic mass is 35.5. The molecule has 5 heterocycles. The molecule has 0 radical (unpaired) electrons.